The van der Waals surface area contributed by atoms with Gasteiger partial charge in [0, 0.05) is 18.4 Å². The van der Waals surface area contributed by atoms with Crippen LogP contribution < -0.4 is 5.32 Å². The van der Waals surface area contributed by atoms with Crippen molar-refractivity contribution in [2.45, 2.75) is 57.9 Å². The topological polar surface area (TPSA) is 24.9 Å². The quantitative estimate of drug-likeness (QED) is 0.478. The SMILES string of the molecule is C=CCCCCCC(CCc1cccnc1)NCC. The summed E-state index contributed by atoms with van der Waals surface area (Å²) in [7, 11) is 0. The van der Waals surface area contributed by atoms with Gasteiger partial charge in [0.05, 0.1) is 0 Å². The molecule has 1 N–H and O–H groups in total. The molecule has 0 aliphatic rings. The molecule has 1 heterocycles. The van der Waals surface area contributed by atoms with Gasteiger partial charge in [-0.05, 0) is 50.3 Å². The maximum atomic E-state index is 4.17. The lowest BCUT2D eigenvalue weighted by atomic mass is 10.0. The molecule has 0 saturated carbocycles. The van der Waals surface area contributed by atoms with Crippen LogP contribution >= 0.6 is 0 Å². The number of unbranched alkanes of at least 4 members (excludes halogenated alkanes) is 3. The lowest BCUT2D eigenvalue weighted by Gasteiger charge is -2.17. The number of allylic oxidation sites excluding steroid dienone is 1. The first-order valence-electron chi connectivity index (χ1n) is 7.60. The first kappa shape index (κ1) is 15.9. The van der Waals surface area contributed by atoms with Crippen molar-refractivity contribution in [1.29, 1.82) is 0 Å². The summed E-state index contributed by atoms with van der Waals surface area (Å²) in [6, 6.07) is 4.83. The standard InChI is InChI=1S/C17H28N2/c1-3-5-6-7-8-11-17(19-4-2)13-12-16-10-9-14-18-15-16/h3,9-10,14-15,17,19H,1,4-8,11-13H2,2H3. The Hall–Kier alpha value is -1.15. The van der Waals surface area contributed by atoms with E-state index in [2.05, 4.69) is 29.9 Å². The molecule has 1 rings (SSSR count). The molecule has 0 spiro atoms. The van der Waals surface area contributed by atoms with E-state index in [1.807, 2.05) is 24.5 Å². The summed E-state index contributed by atoms with van der Waals surface area (Å²) in [5, 5.41) is 3.60. The molecule has 0 aromatic carbocycles. The zero-order chi connectivity index (χ0) is 13.8. The Labute approximate surface area is 118 Å². The molecule has 0 bridgehead atoms. The predicted octanol–water partition coefficient (Wildman–Crippen LogP) is 4.13. The van der Waals surface area contributed by atoms with Gasteiger partial charge in [-0.1, -0.05) is 31.9 Å². The minimum Gasteiger partial charge on any atom is -0.314 e. The van der Waals surface area contributed by atoms with E-state index in [1.165, 1.54) is 37.7 Å². The van der Waals surface area contributed by atoms with Crippen LogP contribution in [0.4, 0.5) is 0 Å². The average molecular weight is 260 g/mol. The highest BCUT2D eigenvalue weighted by molar-refractivity contribution is 5.08. The summed E-state index contributed by atoms with van der Waals surface area (Å²) in [6.45, 7) is 7.02. The Bertz CT molecular complexity index is 321. The molecule has 1 aromatic rings. The summed E-state index contributed by atoms with van der Waals surface area (Å²) in [5.74, 6) is 0. The third-order valence-corrected chi connectivity index (χ3v) is 3.46. The summed E-state index contributed by atoms with van der Waals surface area (Å²) in [5.41, 5.74) is 1.34. The Morgan fingerprint density at radius 2 is 2.21 bits per heavy atom. The van der Waals surface area contributed by atoms with Crippen LogP contribution in [0.1, 0.15) is 51.0 Å². The second kappa shape index (κ2) is 10.7. The normalized spacial score (nSPS) is 12.3. The highest BCUT2D eigenvalue weighted by atomic mass is 14.9. The Balaban J connectivity index is 2.22. The zero-order valence-electron chi connectivity index (χ0n) is 12.3. The number of hydrogen-bond donors (Lipinski definition) is 1. The fraction of sp³-hybridized carbons (Fsp3) is 0.588. The van der Waals surface area contributed by atoms with Crippen LogP contribution in [0.25, 0.3) is 0 Å². The van der Waals surface area contributed by atoms with Crippen LogP contribution in [0, 0.1) is 0 Å². The number of hydrogen-bond acceptors (Lipinski definition) is 2. The Morgan fingerprint density at radius 1 is 1.32 bits per heavy atom. The fourth-order valence-corrected chi connectivity index (χ4v) is 2.38. The van der Waals surface area contributed by atoms with E-state index in [0.717, 1.165) is 19.4 Å². The van der Waals surface area contributed by atoms with Crippen LogP contribution in [0.3, 0.4) is 0 Å². The van der Waals surface area contributed by atoms with E-state index >= 15 is 0 Å². The van der Waals surface area contributed by atoms with Gasteiger partial charge in [0.15, 0.2) is 0 Å². The molecule has 1 unspecified atom stereocenters. The Kier molecular flexibility index (Phi) is 8.99. The Morgan fingerprint density at radius 3 is 2.89 bits per heavy atom. The van der Waals surface area contributed by atoms with Gasteiger partial charge in [-0.3, -0.25) is 4.98 Å². The number of nitrogens with zero attached hydrogens (tertiary/aromatic N) is 1. The third-order valence-electron chi connectivity index (χ3n) is 3.46. The monoisotopic (exact) mass is 260 g/mol. The van der Waals surface area contributed by atoms with Crippen LogP contribution in [0.2, 0.25) is 0 Å². The van der Waals surface area contributed by atoms with E-state index in [1.54, 1.807) is 0 Å². The minimum absolute atomic E-state index is 0.647. The van der Waals surface area contributed by atoms with Crippen molar-refractivity contribution in [2.75, 3.05) is 6.54 Å². The van der Waals surface area contributed by atoms with Crippen LogP contribution in [0.15, 0.2) is 37.2 Å². The second-order valence-electron chi connectivity index (χ2n) is 5.08. The molecular formula is C17H28N2. The van der Waals surface area contributed by atoms with E-state index < -0.39 is 0 Å². The third kappa shape index (κ3) is 7.78. The number of aryl methyl sites for hydroxylation is 1. The number of nitrogens with one attached hydrogen (secondary N) is 1. The molecule has 0 aliphatic heterocycles. The maximum Gasteiger partial charge on any atom is 0.0299 e. The first-order chi connectivity index (χ1) is 9.36. The molecule has 0 saturated heterocycles. The molecule has 1 aromatic heterocycles. The number of rotatable bonds is 11. The van der Waals surface area contributed by atoms with Crippen molar-refractivity contribution in [3.8, 4) is 0 Å². The lowest BCUT2D eigenvalue weighted by molar-refractivity contribution is 0.442. The largest absolute Gasteiger partial charge is 0.314 e. The van der Waals surface area contributed by atoms with Crippen molar-refractivity contribution in [2.24, 2.45) is 0 Å². The highest BCUT2D eigenvalue weighted by Gasteiger charge is 2.07. The summed E-state index contributed by atoms with van der Waals surface area (Å²) in [6.07, 6.45) is 14.5. The van der Waals surface area contributed by atoms with E-state index in [4.69, 9.17) is 0 Å². The fourth-order valence-electron chi connectivity index (χ4n) is 2.38. The summed E-state index contributed by atoms with van der Waals surface area (Å²) < 4.78 is 0. The van der Waals surface area contributed by atoms with Crippen LogP contribution in [-0.4, -0.2) is 17.6 Å². The molecule has 0 aliphatic carbocycles. The summed E-state index contributed by atoms with van der Waals surface area (Å²) >= 11 is 0. The average Bonchev–Trinajstić information content (AvgIpc) is 2.45. The molecule has 2 heteroatoms. The highest BCUT2D eigenvalue weighted by Crippen LogP contribution is 2.11. The van der Waals surface area contributed by atoms with E-state index in [0.29, 0.717) is 6.04 Å². The second-order valence-corrected chi connectivity index (χ2v) is 5.08. The number of pyridine rings is 1. The molecule has 0 amide bonds. The molecule has 1 atom stereocenters. The first-order valence-corrected chi connectivity index (χ1v) is 7.60. The van der Waals surface area contributed by atoms with Gasteiger partial charge in [0.2, 0.25) is 0 Å². The van der Waals surface area contributed by atoms with Crippen molar-refractivity contribution >= 4 is 0 Å². The number of aromatic nitrogens is 1. The van der Waals surface area contributed by atoms with Gasteiger partial charge >= 0.3 is 0 Å². The minimum atomic E-state index is 0.647. The van der Waals surface area contributed by atoms with Gasteiger partial charge in [-0.2, -0.15) is 0 Å². The van der Waals surface area contributed by atoms with E-state index in [-0.39, 0.29) is 0 Å². The summed E-state index contributed by atoms with van der Waals surface area (Å²) in [4.78, 5) is 4.17. The van der Waals surface area contributed by atoms with Gasteiger partial charge in [-0.15, -0.1) is 6.58 Å². The molecule has 106 valence electrons. The van der Waals surface area contributed by atoms with E-state index in [9.17, 15) is 0 Å². The van der Waals surface area contributed by atoms with Gasteiger partial charge in [0.25, 0.3) is 0 Å². The van der Waals surface area contributed by atoms with Crippen molar-refractivity contribution in [3.63, 3.8) is 0 Å². The van der Waals surface area contributed by atoms with Crippen LogP contribution in [0.5, 0.6) is 0 Å². The molecule has 0 radical (unpaired) electrons. The predicted molar refractivity (Wildman–Crippen MR) is 83.3 cm³/mol. The van der Waals surface area contributed by atoms with Gasteiger partial charge in [-0.25, -0.2) is 0 Å². The van der Waals surface area contributed by atoms with Crippen molar-refractivity contribution in [3.05, 3.63) is 42.7 Å². The maximum absolute atomic E-state index is 4.17. The van der Waals surface area contributed by atoms with Crippen LogP contribution in [-0.2, 0) is 6.42 Å². The zero-order valence-corrected chi connectivity index (χ0v) is 12.3. The van der Waals surface area contributed by atoms with Crippen molar-refractivity contribution in [1.82, 2.24) is 10.3 Å². The van der Waals surface area contributed by atoms with Crippen molar-refractivity contribution < 1.29 is 0 Å². The van der Waals surface area contributed by atoms with Gasteiger partial charge < -0.3 is 5.32 Å². The van der Waals surface area contributed by atoms with Gasteiger partial charge in [0.1, 0.15) is 0 Å². The lowest BCUT2D eigenvalue weighted by Crippen LogP contribution is -2.29. The smallest absolute Gasteiger partial charge is 0.0299 e. The molecule has 0 fully saturated rings. The molecule has 19 heavy (non-hydrogen) atoms. The molecular weight excluding hydrogens is 232 g/mol. The molecule has 2 nitrogen and oxygen atoms in total.